The van der Waals surface area contributed by atoms with Crippen molar-refractivity contribution in [2.24, 2.45) is 0 Å². The summed E-state index contributed by atoms with van der Waals surface area (Å²) in [6.45, 7) is 1.82. The van der Waals surface area contributed by atoms with Gasteiger partial charge >= 0.3 is 11.8 Å². The molecule has 0 radical (unpaired) electrons. The second-order valence-corrected chi connectivity index (χ2v) is 8.45. The first-order chi connectivity index (χ1) is 16.7. The number of hydrogen-bond donors (Lipinski definition) is 3. The van der Waals surface area contributed by atoms with E-state index in [1.165, 1.54) is 4.68 Å². The number of fused-ring (bicyclic) bond motifs is 1. The van der Waals surface area contributed by atoms with Gasteiger partial charge in [-0.05, 0) is 73.2 Å². The number of anilines is 2. The van der Waals surface area contributed by atoms with Gasteiger partial charge in [0.05, 0.1) is 12.6 Å². The molecule has 3 N–H and O–H groups in total. The molecule has 0 saturated heterocycles. The Morgan fingerprint density at radius 2 is 1.54 bits per heavy atom. The van der Waals surface area contributed by atoms with Crippen LogP contribution in [-0.2, 0) is 9.59 Å². The van der Waals surface area contributed by atoms with Crippen LogP contribution in [0.4, 0.5) is 11.4 Å². The summed E-state index contributed by atoms with van der Waals surface area (Å²) in [4.78, 5) is 38.4. The van der Waals surface area contributed by atoms with E-state index in [0.717, 1.165) is 5.56 Å². The summed E-state index contributed by atoms with van der Waals surface area (Å²) in [6.07, 6.45) is 0. The number of benzene rings is 3. The number of halogens is 2. The van der Waals surface area contributed by atoms with Crippen LogP contribution >= 0.6 is 23.2 Å². The van der Waals surface area contributed by atoms with Crippen LogP contribution in [0.5, 0.6) is 5.75 Å². The van der Waals surface area contributed by atoms with E-state index in [9.17, 15) is 14.4 Å². The molecule has 0 bridgehead atoms. The Morgan fingerprint density at radius 1 is 0.829 bits per heavy atom. The molecule has 3 amide bonds. The molecule has 10 heteroatoms. The molecule has 0 aliphatic heterocycles. The predicted molar refractivity (Wildman–Crippen MR) is 137 cm³/mol. The average Bonchev–Trinajstić information content (AvgIpc) is 3.19. The first-order valence-corrected chi connectivity index (χ1v) is 11.2. The lowest BCUT2D eigenvalue weighted by Gasteiger charge is -2.13. The topological polar surface area (TPSA) is 101 Å². The van der Waals surface area contributed by atoms with E-state index in [2.05, 4.69) is 16.1 Å². The molecule has 0 unspecified atom stereocenters. The van der Waals surface area contributed by atoms with Crippen LogP contribution in [0, 0.1) is 6.92 Å². The fourth-order valence-corrected chi connectivity index (χ4v) is 3.72. The molecule has 3 aromatic carbocycles. The third kappa shape index (κ3) is 5.40. The fraction of sp³-hybridized carbons (Fsp3) is 0.0800. The minimum absolute atomic E-state index is 0.0950. The highest BCUT2D eigenvalue weighted by atomic mass is 35.5. The number of methoxy groups -OCH3 is 1. The number of aryl methyl sites for hydroxylation is 1. The minimum Gasteiger partial charge on any atom is -0.497 e. The van der Waals surface area contributed by atoms with E-state index in [4.69, 9.17) is 27.9 Å². The zero-order valence-corrected chi connectivity index (χ0v) is 20.2. The number of nitrogens with zero attached hydrogens (tertiary/aromatic N) is 1. The molecule has 1 heterocycles. The van der Waals surface area contributed by atoms with Gasteiger partial charge in [-0.25, -0.2) is 4.68 Å². The first-order valence-electron chi connectivity index (χ1n) is 10.4. The average molecular weight is 511 g/mol. The van der Waals surface area contributed by atoms with Gasteiger partial charge in [-0.1, -0.05) is 29.3 Å². The molecule has 35 heavy (non-hydrogen) atoms. The highest BCUT2D eigenvalue weighted by Gasteiger charge is 2.21. The highest BCUT2D eigenvalue weighted by molar-refractivity contribution is 6.42. The van der Waals surface area contributed by atoms with Crippen molar-refractivity contribution in [3.05, 3.63) is 88.0 Å². The van der Waals surface area contributed by atoms with Crippen LogP contribution in [0.2, 0.25) is 10.0 Å². The third-order valence-corrected chi connectivity index (χ3v) is 5.84. The lowest BCUT2D eigenvalue weighted by Crippen LogP contribution is -2.36. The largest absolute Gasteiger partial charge is 0.497 e. The van der Waals surface area contributed by atoms with Crippen LogP contribution in [0.25, 0.3) is 10.9 Å². The zero-order chi connectivity index (χ0) is 25.1. The molecule has 4 aromatic rings. The van der Waals surface area contributed by atoms with Crippen LogP contribution < -0.4 is 20.8 Å². The number of carbonyl (C=O) groups excluding carboxylic acids is 3. The number of carbonyl (C=O) groups is 3. The van der Waals surface area contributed by atoms with Crippen molar-refractivity contribution in [2.75, 3.05) is 23.2 Å². The summed E-state index contributed by atoms with van der Waals surface area (Å²) in [5, 5.41) is 6.77. The van der Waals surface area contributed by atoms with E-state index in [0.29, 0.717) is 38.1 Å². The Hall–Kier alpha value is -4.01. The predicted octanol–water partition coefficient (Wildman–Crippen LogP) is 5.23. The van der Waals surface area contributed by atoms with Crippen molar-refractivity contribution in [3.8, 4) is 5.75 Å². The molecule has 0 fully saturated rings. The van der Waals surface area contributed by atoms with Gasteiger partial charge < -0.3 is 15.4 Å². The molecule has 8 nitrogen and oxygen atoms in total. The molecular weight excluding hydrogens is 491 g/mol. The van der Waals surface area contributed by atoms with Crippen LogP contribution in [0.3, 0.4) is 0 Å². The van der Waals surface area contributed by atoms with Crippen LogP contribution in [0.1, 0.15) is 16.1 Å². The van der Waals surface area contributed by atoms with Crippen molar-refractivity contribution in [3.63, 3.8) is 0 Å². The summed E-state index contributed by atoms with van der Waals surface area (Å²) in [5.41, 5.74) is 4.78. The Labute approximate surface area is 210 Å². The number of ether oxygens (including phenoxy) is 1. The Morgan fingerprint density at radius 3 is 2.23 bits per heavy atom. The molecule has 0 aliphatic rings. The Kier molecular flexibility index (Phi) is 6.95. The quantitative estimate of drug-likeness (QED) is 0.320. The summed E-state index contributed by atoms with van der Waals surface area (Å²) in [7, 11) is 1.55. The van der Waals surface area contributed by atoms with Gasteiger partial charge in [-0.2, -0.15) is 0 Å². The monoisotopic (exact) mass is 510 g/mol. The molecule has 0 saturated carbocycles. The van der Waals surface area contributed by atoms with Crippen LogP contribution in [0.15, 0.2) is 66.7 Å². The van der Waals surface area contributed by atoms with E-state index >= 15 is 0 Å². The van der Waals surface area contributed by atoms with Gasteiger partial charge in [0.2, 0.25) is 0 Å². The van der Waals surface area contributed by atoms with Crippen LogP contribution in [-0.4, -0.2) is 29.5 Å². The first kappa shape index (κ1) is 24.1. The number of rotatable bonds is 5. The number of hydrogen-bond acceptors (Lipinski definition) is 4. The van der Waals surface area contributed by atoms with E-state index in [1.54, 1.807) is 73.8 Å². The smallest absolute Gasteiger partial charge is 0.328 e. The van der Waals surface area contributed by atoms with Gasteiger partial charge in [0, 0.05) is 26.8 Å². The normalized spacial score (nSPS) is 10.6. The van der Waals surface area contributed by atoms with Crippen molar-refractivity contribution in [2.45, 2.75) is 6.92 Å². The summed E-state index contributed by atoms with van der Waals surface area (Å²) >= 11 is 12.2. The van der Waals surface area contributed by atoms with Gasteiger partial charge in [-0.15, -0.1) is 0 Å². The van der Waals surface area contributed by atoms with E-state index in [-0.39, 0.29) is 5.69 Å². The number of amides is 3. The van der Waals surface area contributed by atoms with Crippen molar-refractivity contribution in [1.82, 2.24) is 4.68 Å². The maximum atomic E-state index is 13.1. The summed E-state index contributed by atoms with van der Waals surface area (Å²) in [6, 6.07) is 18.1. The van der Waals surface area contributed by atoms with Crippen molar-refractivity contribution >= 4 is 63.2 Å². The van der Waals surface area contributed by atoms with E-state index < -0.39 is 17.7 Å². The lowest BCUT2D eigenvalue weighted by molar-refractivity contribution is -0.133. The maximum absolute atomic E-state index is 13.1. The molecule has 0 spiro atoms. The summed E-state index contributed by atoms with van der Waals surface area (Å²) in [5.74, 6) is -1.77. The maximum Gasteiger partial charge on any atom is 0.328 e. The molecule has 178 valence electrons. The molecule has 4 rings (SSSR count). The van der Waals surface area contributed by atoms with Gasteiger partial charge in [0.25, 0.3) is 5.91 Å². The highest BCUT2D eigenvalue weighted by Crippen LogP contribution is 2.24. The van der Waals surface area contributed by atoms with Crippen molar-refractivity contribution < 1.29 is 19.1 Å². The SMILES string of the molecule is COc1ccc(NC(=O)c2cc3cc(Cl)ccc3n2NC(=O)C(=O)Nc2ccc(C)c(Cl)c2)cc1. The van der Waals surface area contributed by atoms with Gasteiger partial charge in [-0.3, -0.25) is 19.8 Å². The second kappa shape index (κ2) is 10.1. The molecular formula is C25H20Cl2N4O4. The number of aromatic nitrogens is 1. The zero-order valence-electron chi connectivity index (χ0n) is 18.7. The standard InChI is InChI=1S/C25H20Cl2N4O4/c1-14-3-5-18(13-20(14)27)29-24(33)25(34)30-31-21-10-4-16(26)11-15(21)12-22(31)23(32)28-17-6-8-19(35-2)9-7-17/h3-13H,1-2H3,(H,28,32)(H,29,33)(H,30,34). The molecule has 0 aliphatic carbocycles. The third-order valence-electron chi connectivity index (χ3n) is 5.19. The van der Waals surface area contributed by atoms with Crippen molar-refractivity contribution in [1.29, 1.82) is 0 Å². The van der Waals surface area contributed by atoms with E-state index in [1.807, 2.05) is 6.92 Å². The minimum atomic E-state index is -0.979. The Balaban J connectivity index is 1.60. The molecule has 1 aromatic heterocycles. The number of nitrogens with one attached hydrogen (secondary N) is 3. The Bertz CT molecular complexity index is 1450. The molecule has 0 atom stereocenters. The summed E-state index contributed by atoms with van der Waals surface area (Å²) < 4.78 is 6.37. The van der Waals surface area contributed by atoms with Gasteiger partial charge in [0.1, 0.15) is 11.4 Å². The lowest BCUT2D eigenvalue weighted by atomic mass is 10.2. The second-order valence-electron chi connectivity index (χ2n) is 7.61. The fourth-order valence-electron chi connectivity index (χ4n) is 3.35. The van der Waals surface area contributed by atoms with Gasteiger partial charge in [0.15, 0.2) is 0 Å².